The van der Waals surface area contributed by atoms with E-state index in [9.17, 15) is 4.39 Å². The van der Waals surface area contributed by atoms with Gasteiger partial charge >= 0.3 is 0 Å². The molecular weight excluding hydrogens is 287 g/mol. The lowest BCUT2D eigenvalue weighted by Crippen LogP contribution is -2.27. The van der Waals surface area contributed by atoms with Gasteiger partial charge in [-0.05, 0) is 30.4 Å². The second kappa shape index (κ2) is 5.96. The van der Waals surface area contributed by atoms with Crippen LogP contribution in [0.1, 0.15) is 44.9 Å². The van der Waals surface area contributed by atoms with Gasteiger partial charge in [-0.15, -0.1) is 11.6 Å². The molecule has 0 amide bonds. The summed E-state index contributed by atoms with van der Waals surface area (Å²) in [7, 11) is 0. The molecule has 0 N–H and O–H groups in total. The van der Waals surface area contributed by atoms with Crippen LogP contribution in [-0.4, -0.2) is 15.4 Å². The molecule has 0 spiro atoms. The van der Waals surface area contributed by atoms with Crippen LogP contribution < -0.4 is 0 Å². The first-order valence-corrected chi connectivity index (χ1v) is 8.36. The Morgan fingerprint density at radius 3 is 2.76 bits per heavy atom. The van der Waals surface area contributed by atoms with Gasteiger partial charge in [0.25, 0.3) is 0 Å². The fraction of sp³-hybridized carbons (Fsp3) is 0.588. The average Bonchev–Trinajstić information content (AvgIpc) is 2.80. The van der Waals surface area contributed by atoms with Crippen molar-refractivity contribution in [3.05, 3.63) is 29.8 Å². The minimum atomic E-state index is -0.240. The number of fused-ring (bicyclic) bond motifs is 1. The van der Waals surface area contributed by atoms with Crippen molar-refractivity contribution in [1.82, 2.24) is 9.55 Å². The van der Waals surface area contributed by atoms with E-state index in [0.29, 0.717) is 23.2 Å². The number of hydrogen-bond donors (Lipinski definition) is 0. The number of alkyl halides is 1. The molecular formula is C17H22ClFN2. The predicted octanol–water partition coefficient (Wildman–Crippen LogP) is 4.93. The maximum Gasteiger partial charge on any atom is 0.151 e. The number of benzene rings is 1. The second-order valence-electron chi connectivity index (χ2n) is 6.53. The molecule has 0 saturated heterocycles. The van der Waals surface area contributed by atoms with Gasteiger partial charge in [0.05, 0.1) is 5.52 Å². The highest BCUT2D eigenvalue weighted by Crippen LogP contribution is 2.38. The van der Waals surface area contributed by atoms with Crippen LogP contribution in [0.2, 0.25) is 0 Å². The Balaban J connectivity index is 2.02. The lowest BCUT2D eigenvalue weighted by Gasteiger charge is -2.34. The molecule has 0 bridgehead atoms. The van der Waals surface area contributed by atoms with Gasteiger partial charge in [0.15, 0.2) is 5.82 Å². The quantitative estimate of drug-likeness (QED) is 0.732. The summed E-state index contributed by atoms with van der Waals surface area (Å²) in [5.41, 5.74) is 1.68. The van der Waals surface area contributed by atoms with Crippen LogP contribution in [0, 0.1) is 11.2 Å². The molecule has 21 heavy (non-hydrogen) atoms. The number of aromatic nitrogens is 2. The van der Waals surface area contributed by atoms with Crippen molar-refractivity contribution >= 4 is 22.6 Å². The number of nitrogens with zero attached hydrogens (tertiary/aromatic N) is 2. The van der Waals surface area contributed by atoms with Gasteiger partial charge in [-0.1, -0.05) is 32.3 Å². The van der Waals surface area contributed by atoms with E-state index in [0.717, 1.165) is 17.9 Å². The molecule has 1 aliphatic carbocycles. The summed E-state index contributed by atoms with van der Waals surface area (Å²) in [6.45, 7) is 3.26. The molecule has 4 heteroatoms. The van der Waals surface area contributed by atoms with Crippen molar-refractivity contribution in [3.8, 4) is 0 Å². The highest BCUT2D eigenvalue weighted by Gasteiger charge is 2.29. The lowest BCUT2D eigenvalue weighted by atomic mass is 9.75. The summed E-state index contributed by atoms with van der Waals surface area (Å²) in [6, 6.07) is 5.21. The molecule has 1 aliphatic rings. The van der Waals surface area contributed by atoms with Crippen LogP contribution in [0.15, 0.2) is 18.2 Å². The maximum absolute atomic E-state index is 14.0. The molecule has 2 nitrogen and oxygen atoms in total. The van der Waals surface area contributed by atoms with Gasteiger partial charge in [-0.25, -0.2) is 9.37 Å². The molecule has 0 unspecified atom stereocenters. The summed E-state index contributed by atoms with van der Waals surface area (Å²) in [6.07, 6.45) is 7.09. The third-order valence-electron chi connectivity index (χ3n) is 4.73. The monoisotopic (exact) mass is 308 g/mol. The molecule has 0 atom stereocenters. The Morgan fingerprint density at radius 2 is 2.05 bits per heavy atom. The van der Waals surface area contributed by atoms with Crippen molar-refractivity contribution in [2.45, 2.75) is 52.0 Å². The summed E-state index contributed by atoms with van der Waals surface area (Å²) in [5.74, 6) is 1.19. The van der Waals surface area contributed by atoms with Gasteiger partial charge in [0.2, 0.25) is 0 Å². The molecule has 2 aromatic rings. The first-order valence-electron chi connectivity index (χ1n) is 7.83. The standard InChI is InChI=1S/C17H22ClFN2/c1-17(9-3-2-4-10-17)12-21-14-7-5-6-13(19)16(14)20-15(21)8-11-18/h5-7H,2-4,8-12H2,1H3. The first-order chi connectivity index (χ1) is 10.1. The van der Waals surface area contributed by atoms with E-state index >= 15 is 0 Å². The van der Waals surface area contributed by atoms with Crippen LogP contribution >= 0.6 is 11.6 Å². The van der Waals surface area contributed by atoms with E-state index in [-0.39, 0.29) is 5.82 Å². The van der Waals surface area contributed by atoms with Crippen molar-refractivity contribution < 1.29 is 4.39 Å². The molecule has 1 aromatic carbocycles. The Kier molecular flexibility index (Phi) is 4.21. The topological polar surface area (TPSA) is 17.8 Å². The molecule has 1 heterocycles. The van der Waals surface area contributed by atoms with Gasteiger partial charge in [-0.3, -0.25) is 0 Å². The fourth-order valence-electron chi connectivity index (χ4n) is 3.56. The predicted molar refractivity (Wildman–Crippen MR) is 85.3 cm³/mol. The molecule has 114 valence electrons. The third kappa shape index (κ3) is 2.94. The minimum absolute atomic E-state index is 0.240. The number of para-hydroxylation sites is 1. The van der Waals surface area contributed by atoms with Crippen molar-refractivity contribution in [2.24, 2.45) is 5.41 Å². The normalized spacial score (nSPS) is 18.2. The van der Waals surface area contributed by atoms with Crippen LogP contribution in [0.25, 0.3) is 11.0 Å². The third-order valence-corrected chi connectivity index (χ3v) is 4.92. The molecule has 3 rings (SSSR count). The highest BCUT2D eigenvalue weighted by molar-refractivity contribution is 6.17. The van der Waals surface area contributed by atoms with Crippen molar-refractivity contribution in [2.75, 3.05) is 5.88 Å². The van der Waals surface area contributed by atoms with Gasteiger partial charge in [0.1, 0.15) is 11.3 Å². The Labute approximate surface area is 130 Å². The van der Waals surface area contributed by atoms with Crippen LogP contribution in [0.5, 0.6) is 0 Å². The van der Waals surface area contributed by atoms with Crippen molar-refractivity contribution in [3.63, 3.8) is 0 Å². The molecule has 0 radical (unpaired) electrons. The van der Waals surface area contributed by atoms with E-state index in [1.807, 2.05) is 6.07 Å². The molecule has 1 fully saturated rings. The summed E-state index contributed by atoms with van der Waals surface area (Å²) >= 11 is 5.91. The number of imidazole rings is 1. The van der Waals surface area contributed by atoms with E-state index in [1.165, 1.54) is 38.2 Å². The fourth-order valence-corrected chi connectivity index (χ4v) is 3.73. The van der Waals surface area contributed by atoms with Crippen LogP contribution in [0.3, 0.4) is 0 Å². The SMILES string of the molecule is CC1(Cn2c(CCCl)nc3c(F)cccc32)CCCCC1. The van der Waals surface area contributed by atoms with Gasteiger partial charge < -0.3 is 4.57 Å². The number of aryl methyl sites for hydroxylation is 1. The van der Waals surface area contributed by atoms with Crippen LogP contribution in [-0.2, 0) is 13.0 Å². The summed E-state index contributed by atoms with van der Waals surface area (Å²) in [4.78, 5) is 4.50. The number of hydrogen-bond acceptors (Lipinski definition) is 1. The zero-order valence-corrected chi connectivity index (χ0v) is 13.3. The van der Waals surface area contributed by atoms with E-state index in [2.05, 4.69) is 16.5 Å². The van der Waals surface area contributed by atoms with E-state index in [4.69, 9.17) is 11.6 Å². The average molecular weight is 309 g/mol. The summed E-state index contributed by atoms with van der Waals surface area (Å²) < 4.78 is 16.2. The second-order valence-corrected chi connectivity index (χ2v) is 6.91. The highest BCUT2D eigenvalue weighted by atomic mass is 35.5. The Morgan fingerprint density at radius 1 is 1.29 bits per heavy atom. The smallest absolute Gasteiger partial charge is 0.151 e. The van der Waals surface area contributed by atoms with Crippen LogP contribution in [0.4, 0.5) is 4.39 Å². The first kappa shape index (κ1) is 14.8. The van der Waals surface area contributed by atoms with E-state index < -0.39 is 0 Å². The Hall–Kier alpha value is -1.09. The lowest BCUT2D eigenvalue weighted by molar-refractivity contribution is 0.183. The van der Waals surface area contributed by atoms with Crippen molar-refractivity contribution in [1.29, 1.82) is 0 Å². The number of rotatable bonds is 4. The maximum atomic E-state index is 14.0. The minimum Gasteiger partial charge on any atom is -0.327 e. The molecule has 1 saturated carbocycles. The number of halogens is 2. The van der Waals surface area contributed by atoms with Gasteiger partial charge in [0, 0.05) is 18.8 Å². The zero-order valence-electron chi connectivity index (χ0n) is 12.5. The largest absolute Gasteiger partial charge is 0.327 e. The Bertz CT molecular complexity index is 629. The zero-order chi connectivity index (χ0) is 14.9. The van der Waals surface area contributed by atoms with E-state index in [1.54, 1.807) is 6.07 Å². The molecule has 1 aromatic heterocycles. The summed E-state index contributed by atoms with van der Waals surface area (Å²) in [5, 5.41) is 0. The van der Waals surface area contributed by atoms with Gasteiger partial charge in [-0.2, -0.15) is 0 Å². The molecule has 0 aliphatic heterocycles.